The molecule has 10 heteroatoms. The van der Waals surface area contributed by atoms with Crippen LogP contribution in [-0.4, -0.2) is 32.8 Å². The molecule has 0 N–H and O–H groups in total. The van der Waals surface area contributed by atoms with Gasteiger partial charge in [-0.1, -0.05) is 23.1 Å². The normalized spacial score (nSPS) is 12.1. The van der Waals surface area contributed by atoms with Gasteiger partial charge >= 0.3 is 132 Å². The summed E-state index contributed by atoms with van der Waals surface area (Å²) in [5, 5.41) is 1.20. The van der Waals surface area contributed by atoms with Crippen LogP contribution in [0.1, 0.15) is 45.0 Å². The Labute approximate surface area is 307 Å². The summed E-state index contributed by atoms with van der Waals surface area (Å²) in [6.07, 6.45) is -1.26. The van der Waals surface area contributed by atoms with E-state index in [9.17, 15) is 13.2 Å². The minimum Gasteiger partial charge on any atom is -0.486 e. The number of nitrogens with zero attached hydrogens (tertiary/aromatic N) is 4. The molecule has 0 fully saturated rings. The second-order valence-electron chi connectivity index (χ2n) is 14.0. The minimum atomic E-state index is -4.53. The fourth-order valence-electron chi connectivity index (χ4n) is 6.17. The van der Waals surface area contributed by atoms with E-state index in [1.54, 1.807) is 16.5 Å². The monoisotopic (exact) mass is 915 g/mol. The van der Waals surface area contributed by atoms with Gasteiger partial charge in [0.05, 0.1) is 22.4 Å². The summed E-state index contributed by atoms with van der Waals surface area (Å²) in [6.45, 7) is 8.67. The predicted octanol–water partition coefficient (Wildman–Crippen LogP) is 10.7. The number of hydrogen-bond donors (Lipinski definition) is 0. The van der Waals surface area contributed by atoms with Crippen molar-refractivity contribution in [3.63, 3.8) is 0 Å². The van der Waals surface area contributed by atoms with Gasteiger partial charge in [-0.3, -0.25) is 4.98 Å². The number of furan rings is 1. The first-order valence-corrected chi connectivity index (χ1v) is 23.8. The van der Waals surface area contributed by atoms with Crippen LogP contribution >= 0.6 is 0 Å². The molecule has 0 aliphatic heterocycles. The van der Waals surface area contributed by atoms with Crippen molar-refractivity contribution in [3.8, 4) is 22.6 Å². The molecule has 1 radical (unpaired) electrons. The van der Waals surface area contributed by atoms with Crippen LogP contribution in [0, 0.1) is 18.1 Å². The number of imidazole rings is 1. The van der Waals surface area contributed by atoms with Gasteiger partial charge in [-0.05, 0) is 38.1 Å². The van der Waals surface area contributed by atoms with Crippen molar-refractivity contribution in [1.82, 2.24) is 19.5 Å². The molecular weight excluding hydrogens is 874 g/mol. The topological polar surface area (TPSA) is 56.7 Å². The van der Waals surface area contributed by atoms with Gasteiger partial charge in [-0.2, -0.15) is 13.2 Å². The van der Waals surface area contributed by atoms with E-state index < -0.39 is 25.1 Å². The summed E-state index contributed by atoms with van der Waals surface area (Å²) in [7, 11) is 0. The molecule has 0 saturated carbocycles. The number of fused-ring (bicyclic) bond motifs is 4. The second-order valence-corrected chi connectivity index (χ2v) is 24.6. The predicted molar refractivity (Wildman–Crippen MR) is 194 cm³/mol. The minimum absolute atomic E-state index is 0. The fourth-order valence-corrected chi connectivity index (χ4v) is 9.51. The number of alkyl halides is 3. The van der Waals surface area contributed by atoms with Gasteiger partial charge in [0.15, 0.2) is 0 Å². The summed E-state index contributed by atoms with van der Waals surface area (Å²) < 4.78 is 48.6. The molecule has 0 amide bonds. The largest absolute Gasteiger partial charge is 0.486 e. The molecule has 0 aliphatic carbocycles. The molecule has 5 nitrogen and oxygen atoms in total. The summed E-state index contributed by atoms with van der Waals surface area (Å²) >= 11 is -1.86. The summed E-state index contributed by atoms with van der Waals surface area (Å²) in [6, 6.07) is 30.6. The Balaban J connectivity index is 0.000000204. The third-order valence-corrected chi connectivity index (χ3v) is 12.7. The molecular formula is C40H39F3GeIrN4O-2. The second kappa shape index (κ2) is 14.8. The fraction of sp³-hybridized carbons (Fsp3) is 0.275. The maximum atomic E-state index is 13.1. The number of benzene rings is 3. The smallest absolute Gasteiger partial charge is 0.433 e. The quantitative estimate of drug-likeness (QED) is 0.123. The van der Waals surface area contributed by atoms with Crippen molar-refractivity contribution in [3.05, 3.63) is 108 Å². The Bertz CT molecular complexity index is 2250. The molecule has 0 spiro atoms. The van der Waals surface area contributed by atoms with Gasteiger partial charge < -0.3 is 8.98 Å². The van der Waals surface area contributed by atoms with Gasteiger partial charge in [-0.15, -0.1) is 18.2 Å². The molecule has 7 rings (SSSR count). The number of hydrogen-bond acceptors (Lipinski definition) is 4. The molecule has 50 heavy (non-hydrogen) atoms. The van der Waals surface area contributed by atoms with Gasteiger partial charge in [0, 0.05) is 31.5 Å². The molecule has 7 aromatic rings. The van der Waals surface area contributed by atoms with Gasteiger partial charge in [0.25, 0.3) is 0 Å². The van der Waals surface area contributed by atoms with Crippen molar-refractivity contribution in [1.29, 1.82) is 0 Å². The van der Waals surface area contributed by atoms with E-state index in [0.717, 1.165) is 34.8 Å². The molecule has 4 aromatic heterocycles. The Morgan fingerprint density at radius 1 is 0.860 bits per heavy atom. The molecule has 0 unspecified atom stereocenters. The van der Waals surface area contributed by atoms with E-state index in [1.165, 1.54) is 11.6 Å². The standard InChI is InChI=1S/C22H15F3N3O.C18H24GeN.Ir/c1-12(2)28-17-9-4-3-8-16(17)26-20(28)15-7-5-6-13-14-10-11-18(22(23,24)25)27-21(14)29-19(13)15;1-14(2)11-16-12-18(15-9-7-6-8-10-15)20-13-17(16)19(3,4)5;/h3-6,8-12H,1-2H3;6-9,12-14H,11H2,1-5H3;/q2*-1;. The molecule has 0 bridgehead atoms. The van der Waals surface area contributed by atoms with Crippen molar-refractivity contribution in [2.45, 2.75) is 63.6 Å². The average molecular weight is 914 g/mol. The molecule has 0 atom stereocenters. The van der Waals surface area contributed by atoms with Crippen LogP contribution in [0.2, 0.25) is 17.3 Å². The maximum absolute atomic E-state index is 13.1. The Morgan fingerprint density at radius 3 is 2.26 bits per heavy atom. The van der Waals surface area contributed by atoms with Crippen LogP contribution in [0.15, 0.2) is 89.5 Å². The zero-order chi connectivity index (χ0) is 35.1. The number of para-hydroxylation sites is 2. The van der Waals surface area contributed by atoms with E-state index in [-0.39, 0.29) is 31.9 Å². The van der Waals surface area contributed by atoms with Gasteiger partial charge in [0.2, 0.25) is 5.71 Å². The molecule has 3 aromatic carbocycles. The zero-order valence-electron chi connectivity index (χ0n) is 29.1. The first-order valence-electron chi connectivity index (χ1n) is 16.5. The number of halogens is 3. The first kappa shape index (κ1) is 37.5. The molecule has 0 aliphatic rings. The van der Waals surface area contributed by atoms with Crippen LogP contribution in [0.4, 0.5) is 13.2 Å². The molecule has 0 saturated heterocycles. The summed E-state index contributed by atoms with van der Waals surface area (Å²) in [4.78, 5) is 13.1. The third-order valence-electron chi connectivity index (χ3n) is 8.34. The van der Waals surface area contributed by atoms with E-state index in [2.05, 4.69) is 71.1 Å². The van der Waals surface area contributed by atoms with Gasteiger partial charge in [0.1, 0.15) is 5.69 Å². The summed E-state index contributed by atoms with van der Waals surface area (Å²) in [5.41, 5.74) is 5.42. The van der Waals surface area contributed by atoms with E-state index >= 15 is 0 Å². The van der Waals surface area contributed by atoms with Crippen LogP contribution in [0.5, 0.6) is 0 Å². The molecule has 261 valence electrons. The Morgan fingerprint density at radius 2 is 1.60 bits per heavy atom. The SMILES string of the molecule is CC(C)Cc1cc(-c2[c-]cccc2)nc[c]1[Ge]([CH3])([CH3])[CH3].CC(C)n1c(-c2[c-]ccc3c2oc2nc(C(F)(F)F)ccc23)nc2ccccc21.[Ir]. The van der Waals surface area contributed by atoms with Crippen LogP contribution in [0.3, 0.4) is 0 Å². The van der Waals surface area contributed by atoms with E-state index in [4.69, 9.17) is 14.4 Å². The van der Waals surface area contributed by atoms with Crippen molar-refractivity contribution in [2.75, 3.05) is 0 Å². The molecule has 4 heterocycles. The maximum Gasteiger partial charge on any atom is 0.433 e. The zero-order valence-corrected chi connectivity index (χ0v) is 33.6. The van der Waals surface area contributed by atoms with Crippen molar-refractivity contribution in [2.24, 2.45) is 5.92 Å². The number of pyridine rings is 2. The summed E-state index contributed by atoms with van der Waals surface area (Å²) in [5.74, 6) is 8.65. The van der Waals surface area contributed by atoms with Crippen LogP contribution < -0.4 is 4.40 Å². The van der Waals surface area contributed by atoms with E-state index in [1.807, 2.05) is 56.3 Å². The first-order chi connectivity index (χ1) is 23.2. The van der Waals surface area contributed by atoms with Crippen LogP contribution in [-0.2, 0) is 32.7 Å². The van der Waals surface area contributed by atoms with Crippen LogP contribution in [0.25, 0.3) is 55.7 Å². The van der Waals surface area contributed by atoms with Gasteiger partial charge in [-0.25, -0.2) is 4.98 Å². The van der Waals surface area contributed by atoms with Crippen molar-refractivity contribution < 1.29 is 37.7 Å². The number of rotatable bonds is 6. The number of aromatic nitrogens is 4. The Kier molecular flexibility index (Phi) is 11.1. The Hall–Kier alpha value is -3.79. The average Bonchev–Trinajstić information content (AvgIpc) is 3.63. The van der Waals surface area contributed by atoms with E-state index in [0.29, 0.717) is 33.7 Å². The van der Waals surface area contributed by atoms with Crippen molar-refractivity contribution >= 4 is 50.8 Å². The third kappa shape index (κ3) is 7.75.